The molecule has 116 valence electrons. The first-order valence-electron chi connectivity index (χ1n) is 7.12. The highest BCUT2D eigenvalue weighted by atomic mass is 32.2. The molecule has 0 N–H and O–H groups in total. The number of hydrogen-bond acceptors (Lipinski definition) is 5. The molecule has 0 aliphatic carbocycles. The minimum Gasteiger partial charge on any atom is -0.454 e. The zero-order valence-corrected chi connectivity index (χ0v) is 13.2. The summed E-state index contributed by atoms with van der Waals surface area (Å²) in [7, 11) is 0. The van der Waals surface area contributed by atoms with E-state index in [-0.39, 0.29) is 12.6 Å². The highest BCUT2D eigenvalue weighted by Gasteiger charge is 2.24. The molecule has 2 aromatic carbocycles. The third kappa shape index (κ3) is 2.49. The molecular formula is C17H13FN2O2S. The van der Waals surface area contributed by atoms with Crippen LogP contribution in [0.15, 0.2) is 46.6 Å². The van der Waals surface area contributed by atoms with Crippen molar-refractivity contribution in [2.24, 2.45) is 10.2 Å². The summed E-state index contributed by atoms with van der Waals surface area (Å²) in [6, 6.07) is 10.4. The van der Waals surface area contributed by atoms with Crippen molar-refractivity contribution < 1.29 is 13.9 Å². The zero-order chi connectivity index (χ0) is 15.8. The van der Waals surface area contributed by atoms with Gasteiger partial charge in [0.1, 0.15) is 11.5 Å². The van der Waals surface area contributed by atoms with E-state index in [2.05, 4.69) is 10.2 Å². The van der Waals surface area contributed by atoms with Crippen LogP contribution in [0.2, 0.25) is 0 Å². The van der Waals surface area contributed by atoms with Gasteiger partial charge in [0.25, 0.3) is 0 Å². The Hall–Kier alpha value is -2.34. The summed E-state index contributed by atoms with van der Waals surface area (Å²) in [4.78, 5) is 0. The number of benzene rings is 2. The molecule has 23 heavy (non-hydrogen) atoms. The molecule has 4 nitrogen and oxygen atoms in total. The SMILES string of the molecule is CSC1=NN=C(c2ccccc2F)c2cc3c(cc2C1)OCO3. The summed E-state index contributed by atoms with van der Waals surface area (Å²) in [6.45, 7) is 0.202. The number of rotatable bonds is 1. The van der Waals surface area contributed by atoms with Crippen LogP contribution in [-0.4, -0.2) is 23.8 Å². The molecule has 2 aliphatic heterocycles. The van der Waals surface area contributed by atoms with Gasteiger partial charge < -0.3 is 9.47 Å². The first-order chi connectivity index (χ1) is 11.3. The first-order valence-corrected chi connectivity index (χ1v) is 8.35. The highest BCUT2D eigenvalue weighted by Crippen LogP contribution is 2.37. The van der Waals surface area contributed by atoms with Crippen molar-refractivity contribution in [3.05, 3.63) is 58.9 Å². The molecule has 0 unspecified atom stereocenters. The molecule has 2 heterocycles. The number of halogens is 1. The fraction of sp³-hybridized carbons (Fsp3) is 0.176. The van der Waals surface area contributed by atoms with E-state index in [9.17, 15) is 4.39 Å². The molecule has 2 aliphatic rings. The van der Waals surface area contributed by atoms with Crippen LogP contribution in [0.3, 0.4) is 0 Å². The van der Waals surface area contributed by atoms with Crippen LogP contribution >= 0.6 is 11.8 Å². The van der Waals surface area contributed by atoms with Crippen LogP contribution in [0.5, 0.6) is 11.5 Å². The molecule has 0 radical (unpaired) electrons. The van der Waals surface area contributed by atoms with Crippen LogP contribution in [0.25, 0.3) is 0 Å². The lowest BCUT2D eigenvalue weighted by atomic mass is 9.95. The lowest BCUT2D eigenvalue weighted by Crippen LogP contribution is -2.08. The predicted molar refractivity (Wildman–Crippen MR) is 89.3 cm³/mol. The maximum atomic E-state index is 14.3. The van der Waals surface area contributed by atoms with Crippen molar-refractivity contribution in [1.82, 2.24) is 0 Å². The van der Waals surface area contributed by atoms with Crippen molar-refractivity contribution in [1.29, 1.82) is 0 Å². The Morgan fingerprint density at radius 3 is 2.61 bits per heavy atom. The number of fused-ring (bicyclic) bond motifs is 2. The molecule has 0 bridgehead atoms. The highest BCUT2D eigenvalue weighted by molar-refractivity contribution is 8.13. The molecule has 6 heteroatoms. The smallest absolute Gasteiger partial charge is 0.231 e. The van der Waals surface area contributed by atoms with Gasteiger partial charge in [-0.2, -0.15) is 0 Å². The lowest BCUT2D eigenvalue weighted by Gasteiger charge is -2.11. The van der Waals surface area contributed by atoms with Gasteiger partial charge in [-0.3, -0.25) is 0 Å². The Balaban J connectivity index is 1.94. The number of ether oxygens (including phenoxy) is 2. The Morgan fingerprint density at radius 2 is 1.83 bits per heavy atom. The van der Waals surface area contributed by atoms with Crippen molar-refractivity contribution in [3.8, 4) is 11.5 Å². The van der Waals surface area contributed by atoms with E-state index in [1.54, 1.807) is 18.2 Å². The van der Waals surface area contributed by atoms with Gasteiger partial charge in [-0.05, 0) is 36.1 Å². The van der Waals surface area contributed by atoms with Crippen molar-refractivity contribution in [3.63, 3.8) is 0 Å². The van der Waals surface area contributed by atoms with Crippen LogP contribution in [-0.2, 0) is 6.42 Å². The molecule has 0 spiro atoms. The van der Waals surface area contributed by atoms with Crippen molar-refractivity contribution in [2.45, 2.75) is 6.42 Å². The average molecular weight is 328 g/mol. The third-order valence-electron chi connectivity index (χ3n) is 3.82. The van der Waals surface area contributed by atoms with Gasteiger partial charge in [0.15, 0.2) is 11.5 Å². The van der Waals surface area contributed by atoms with Gasteiger partial charge in [0.05, 0.1) is 5.04 Å². The van der Waals surface area contributed by atoms with E-state index in [1.807, 2.05) is 18.4 Å². The summed E-state index contributed by atoms with van der Waals surface area (Å²) in [5.74, 6) is 1.04. The fourth-order valence-corrected chi connectivity index (χ4v) is 3.10. The Morgan fingerprint density at radius 1 is 1.04 bits per heavy atom. The summed E-state index contributed by atoms with van der Waals surface area (Å²) < 4.78 is 25.2. The monoisotopic (exact) mass is 328 g/mol. The van der Waals surface area contributed by atoms with E-state index in [4.69, 9.17) is 9.47 Å². The minimum absolute atomic E-state index is 0.202. The van der Waals surface area contributed by atoms with Gasteiger partial charge in [-0.1, -0.05) is 12.1 Å². The molecule has 0 fully saturated rings. The second kappa shape index (κ2) is 5.70. The molecule has 4 rings (SSSR count). The second-order valence-corrected chi connectivity index (χ2v) is 6.05. The molecule has 0 amide bonds. The van der Waals surface area contributed by atoms with Crippen LogP contribution < -0.4 is 9.47 Å². The van der Waals surface area contributed by atoms with Crippen molar-refractivity contribution in [2.75, 3.05) is 13.0 Å². The number of hydrogen-bond donors (Lipinski definition) is 0. The van der Waals surface area contributed by atoms with Gasteiger partial charge in [0, 0.05) is 17.5 Å². The quantitative estimate of drug-likeness (QED) is 0.803. The van der Waals surface area contributed by atoms with Crippen LogP contribution in [0.1, 0.15) is 16.7 Å². The topological polar surface area (TPSA) is 43.2 Å². The molecule has 0 aromatic heterocycles. The number of thioether (sulfide) groups is 1. The molecular weight excluding hydrogens is 315 g/mol. The predicted octanol–water partition coefficient (Wildman–Crippen LogP) is 3.62. The first kappa shape index (κ1) is 14.3. The summed E-state index contributed by atoms with van der Waals surface area (Å²) >= 11 is 1.53. The van der Waals surface area contributed by atoms with Gasteiger partial charge in [-0.15, -0.1) is 22.0 Å². The normalized spacial score (nSPS) is 15.6. The van der Waals surface area contributed by atoms with E-state index in [1.165, 1.54) is 17.8 Å². The molecule has 2 aromatic rings. The van der Waals surface area contributed by atoms with Gasteiger partial charge >= 0.3 is 0 Å². The van der Waals surface area contributed by atoms with E-state index in [0.717, 1.165) is 16.2 Å². The maximum Gasteiger partial charge on any atom is 0.231 e. The summed E-state index contributed by atoms with van der Waals surface area (Å²) in [5, 5.41) is 9.47. The molecule has 0 saturated heterocycles. The van der Waals surface area contributed by atoms with Gasteiger partial charge in [-0.25, -0.2) is 4.39 Å². The van der Waals surface area contributed by atoms with Crippen molar-refractivity contribution >= 4 is 22.5 Å². The van der Waals surface area contributed by atoms with E-state index >= 15 is 0 Å². The fourth-order valence-electron chi connectivity index (χ4n) is 2.67. The Labute approximate surface area is 137 Å². The zero-order valence-electron chi connectivity index (χ0n) is 12.4. The maximum absolute atomic E-state index is 14.3. The minimum atomic E-state index is -0.322. The van der Waals surface area contributed by atoms with E-state index < -0.39 is 0 Å². The standard InChI is InChI=1S/C17H13FN2O2S/c1-23-16-7-10-6-14-15(22-9-21-14)8-12(10)17(20-19-16)11-4-2-3-5-13(11)18/h2-6,8H,7,9H2,1H3. The summed E-state index contributed by atoms with van der Waals surface area (Å²) in [5.41, 5.74) is 2.77. The van der Waals surface area contributed by atoms with Crippen LogP contribution in [0.4, 0.5) is 4.39 Å². The van der Waals surface area contributed by atoms with Gasteiger partial charge in [0.2, 0.25) is 6.79 Å². The number of nitrogens with zero attached hydrogens (tertiary/aromatic N) is 2. The third-order valence-corrected chi connectivity index (χ3v) is 4.52. The second-order valence-electron chi connectivity index (χ2n) is 5.17. The van der Waals surface area contributed by atoms with E-state index in [0.29, 0.717) is 29.2 Å². The Kier molecular flexibility index (Phi) is 3.53. The largest absolute Gasteiger partial charge is 0.454 e. The molecule has 0 saturated carbocycles. The van der Waals surface area contributed by atoms with Crippen LogP contribution in [0, 0.1) is 5.82 Å². The Bertz CT molecular complexity index is 848. The average Bonchev–Trinajstić information content (AvgIpc) is 2.94. The lowest BCUT2D eigenvalue weighted by molar-refractivity contribution is 0.174. The molecule has 0 atom stereocenters. The summed E-state index contributed by atoms with van der Waals surface area (Å²) in [6.07, 6.45) is 2.59.